The molecule has 0 N–H and O–H groups in total. The summed E-state index contributed by atoms with van der Waals surface area (Å²) in [5.41, 5.74) is 3.89. The first-order valence-electron chi connectivity index (χ1n) is 9.54. The number of carbonyl (C=O) groups is 2. The van der Waals surface area contributed by atoms with Crippen LogP contribution in [0.5, 0.6) is 11.5 Å². The molecule has 1 atom stereocenters. The van der Waals surface area contributed by atoms with Gasteiger partial charge in [0.15, 0.2) is 0 Å². The quantitative estimate of drug-likeness (QED) is 0.638. The standard InChI is InChI=1S/C24H19NO4/c1-28-21-12-5-4-8-17(21)18-11-6-7-15-13-16(29-22(15)18)14-25-23(26)19-9-2-3-10-20(19)24(25)27/h2-12,16H,13-14H2,1H3/t16-/m1/s1. The van der Waals surface area contributed by atoms with Crippen LogP contribution in [0, 0.1) is 0 Å². The Labute approximate surface area is 168 Å². The van der Waals surface area contributed by atoms with Crippen molar-refractivity contribution in [2.24, 2.45) is 0 Å². The molecule has 2 amide bonds. The van der Waals surface area contributed by atoms with Crippen LogP contribution in [-0.2, 0) is 6.42 Å². The Morgan fingerprint density at radius 2 is 1.48 bits per heavy atom. The number of hydrogen-bond donors (Lipinski definition) is 0. The van der Waals surface area contributed by atoms with Gasteiger partial charge in [-0.05, 0) is 23.8 Å². The largest absolute Gasteiger partial charge is 0.496 e. The van der Waals surface area contributed by atoms with E-state index in [1.54, 1.807) is 31.4 Å². The average Bonchev–Trinajstić information content (AvgIpc) is 3.28. The summed E-state index contributed by atoms with van der Waals surface area (Å²) in [4.78, 5) is 26.6. The van der Waals surface area contributed by atoms with Gasteiger partial charge in [-0.1, -0.05) is 48.5 Å². The van der Waals surface area contributed by atoms with Gasteiger partial charge in [-0.25, -0.2) is 0 Å². The molecule has 0 unspecified atom stereocenters. The van der Waals surface area contributed by atoms with E-state index in [1.165, 1.54) is 4.90 Å². The number of fused-ring (bicyclic) bond motifs is 2. The highest BCUT2D eigenvalue weighted by atomic mass is 16.5. The number of para-hydroxylation sites is 2. The summed E-state index contributed by atoms with van der Waals surface area (Å²) in [7, 11) is 1.65. The fourth-order valence-corrected chi connectivity index (χ4v) is 4.13. The van der Waals surface area contributed by atoms with E-state index in [4.69, 9.17) is 9.47 Å². The molecule has 2 heterocycles. The second-order valence-electron chi connectivity index (χ2n) is 7.20. The molecule has 5 nitrogen and oxygen atoms in total. The van der Waals surface area contributed by atoms with Gasteiger partial charge >= 0.3 is 0 Å². The maximum absolute atomic E-state index is 12.7. The zero-order valence-electron chi connectivity index (χ0n) is 15.9. The molecule has 144 valence electrons. The number of ether oxygens (including phenoxy) is 2. The number of carbonyl (C=O) groups excluding carboxylic acids is 2. The molecule has 2 aliphatic heterocycles. The molecule has 0 fully saturated rings. The van der Waals surface area contributed by atoms with Crippen LogP contribution >= 0.6 is 0 Å². The summed E-state index contributed by atoms with van der Waals surface area (Å²) < 4.78 is 11.8. The molecule has 0 radical (unpaired) electrons. The first-order chi connectivity index (χ1) is 14.2. The van der Waals surface area contributed by atoms with Crippen LogP contribution in [0.3, 0.4) is 0 Å². The van der Waals surface area contributed by atoms with Crippen LogP contribution < -0.4 is 9.47 Å². The summed E-state index contributed by atoms with van der Waals surface area (Å²) in [5.74, 6) is 1.05. The van der Waals surface area contributed by atoms with Crippen LogP contribution in [0.4, 0.5) is 0 Å². The van der Waals surface area contributed by atoms with E-state index in [-0.39, 0.29) is 24.5 Å². The third kappa shape index (κ3) is 2.78. The van der Waals surface area contributed by atoms with Gasteiger partial charge in [0, 0.05) is 17.5 Å². The highest BCUT2D eigenvalue weighted by Crippen LogP contribution is 2.42. The van der Waals surface area contributed by atoms with E-state index in [1.807, 2.05) is 42.5 Å². The third-order valence-electron chi connectivity index (χ3n) is 5.49. The van der Waals surface area contributed by atoms with Crippen LogP contribution in [0.15, 0.2) is 66.7 Å². The summed E-state index contributed by atoms with van der Waals surface area (Å²) in [6.45, 7) is 0.229. The Hall–Kier alpha value is -3.60. The van der Waals surface area contributed by atoms with Crippen molar-refractivity contribution >= 4 is 11.8 Å². The van der Waals surface area contributed by atoms with E-state index in [2.05, 4.69) is 0 Å². The summed E-state index contributed by atoms with van der Waals surface area (Å²) in [5, 5.41) is 0. The smallest absolute Gasteiger partial charge is 0.261 e. The zero-order valence-corrected chi connectivity index (χ0v) is 15.9. The second-order valence-corrected chi connectivity index (χ2v) is 7.20. The molecule has 2 aliphatic rings. The van der Waals surface area contributed by atoms with Gasteiger partial charge < -0.3 is 9.47 Å². The van der Waals surface area contributed by atoms with Crippen molar-refractivity contribution in [3.8, 4) is 22.6 Å². The minimum absolute atomic E-state index is 0.229. The molecular formula is C24H19NO4. The molecule has 0 saturated carbocycles. The van der Waals surface area contributed by atoms with Gasteiger partial charge in [0.1, 0.15) is 17.6 Å². The van der Waals surface area contributed by atoms with Crippen molar-refractivity contribution in [2.75, 3.05) is 13.7 Å². The number of hydrogen-bond acceptors (Lipinski definition) is 4. The molecular weight excluding hydrogens is 366 g/mol. The van der Waals surface area contributed by atoms with E-state index in [0.717, 1.165) is 28.2 Å². The minimum Gasteiger partial charge on any atom is -0.496 e. The SMILES string of the molecule is COc1ccccc1-c1cccc2c1O[C@@H](CN1C(=O)c3ccccc3C1=O)C2. The molecule has 0 spiro atoms. The Morgan fingerprint density at radius 3 is 2.17 bits per heavy atom. The Kier molecular flexibility index (Phi) is 4.09. The highest BCUT2D eigenvalue weighted by molar-refractivity contribution is 6.21. The number of benzene rings is 3. The predicted molar refractivity (Wildman–Crippen MR) is 108 cm³/mol. The van der Waals surface area contributed by atoms with Crippen molar-refractivity contribution in [3.05, 3.63) is 83.4 Å². The van der Waals surface area contributed by atoms with Crippen LogP contribution in [0.2, 0.25) is 0 Å². The average molecular weight is 385 g/mol. The maximum Gasteiger partial charge on any atom is 0.261 e. The van der Waals surface area contributed by atoms with E-state index in [0.29, 0.717) is 17.5 Å². The van der Waals surface area contributed by atoms with Gasteiger partial charge in [0.2, 0.25) is 0 Å². The number of imide groups is 1. The van der Waals surface area contributed by atoms with Crippen molar-refractivity contribution in [3.63, 3.8) is 0 Å². The lowest BCUT2D eigenvalue weighted by atomic mass is 10.00. The molecule has 0 aliphatic carbocycles. The van der Waals surface area contributed by atoms with E-state index >= 15 is 0 Å². The predicted octanol–water partition coefficient (Wildman–Crippen LogP) is 3.96. The number of amides is 2. The lowest BCUT2D eigenvalue weighted by Gasteiger charge is -2.19. The van der Waals surface area contributed by atoms with Gasteiger partial charge in [0.25, 0.3) is 11.8 Å². The normalized spacial score (nSPS) is 17.1. The molecule has 0 bridgehead atoms. The lowest BCUT2D eigenvalue weighted by Crippen LogP contribution is -2.38. The zero-order chi connectivity index (χ0) is 20.0. The number of nitrogens with zero attached hydrogens (tertiary/aromatic N) is 1. The second kappa shape index (κ2) is 6.78. The van der Waals surface area contributed by atoms with Gasteiger partial charge in [-0.3, -0.25) is 14.5 Å². The molecule has 3 aromatic carbocycles. The van der Waals surface area contributed by atoms with Crippen LogP contribution in [0.25, 0.3) is 11.1 Å². The van der Waals surface area contributed by atoms with Crippen molar-refractivity contribution in [1.82, 2.24) is 4.90 Å². The maximum atomic E-state index is 12.7. The third-order valence-corrected chi connectivity index (χ3v) is 5.49. The van der Waals surface area contributed by atoms with Crippen molar-refractivity contribution in [2.45, 2.75) is 12.5 Å². The summed E-state index contributed by atoms with van der Waals surface area (Å²) in [6, 6.07) is 20.8. The number of rotatable bonds is 4. The van der Waals surface area contributed by atoms with Crippen LogP contribution in [0.1, 0.15) is 26.3 Å². The molecule has 29 heavy (non-hydrogen) atoms. The van der Waals surface area contributed by atoms with Crippen LogP contribution in [-0.4, -0.2) is 36.5 Å². The van der Waals surface area contributed by atoms with Gasteiger partial charge in [-0.2, -0.15) is 0 Å². The van der Waals surface area contributed by atoms with E-state index in [9.17, 15) is 9.59 Å². The Bertz CT molecular complexity index is 1100. The topological polar surface area (TPSA) is 55.8 Å². The van der Waals surface area contributed by atoms with E-state index < -0.39 is 0 Å². The minimum atomic E-state index is -0.275. The van der Waals surface area contributed by atoms with Crippen molar-refractivity contribution < 1.29 is 19.1 Å². The fourth-order valence-electron chi connectivity index (χ4n) is 4.13. The highest BCUT2D eigenvalue weighted by Gasteiger charge is 2.38. The summed E-state index contributed by atoms with van der Waals surface area (Å²) >= 11 is 0. The fraction of sp³-hybridized carbons (Fsp3) is 0.167. The molecule has 0 aromatic heterocycles. The monoisotopic (exact) mass is 385 g/mol. The number of methoxy groups -OCH3 is 1. The molecule has 0 saturated heterocycles. The Morgan fingerprint density at radius 1 is 0.862 bits per heavy atom. The molecule has 5 rings (SSSR count). The first kappa shape index (κ1) is 17.5. The van der Waals surface area contributed by atoms with Crippen molar-refractivity contribution in [1.29, 1.82) is 0 Å². The molecule has 3 aromatic rings. The Balaban J connectivity index is 1.42. The van der Waals surface area contributed by atoms with Gasteiger partial charge in [-0.15, -0.1) is 0 Å². The lowest BCUT2D eigenvalue weighted by molar-refractivity contribution is 0.0588. The van der Waals surface area contributed by atoms with Gasteiger partial charge in [0.05, 0.1) is 24.8 Å². The molecule has 5 heteroatoms. The summed E-state index contributed by atoms with van der Waals surface area (Å²) in [6.07, 6.45) is 0.370. The first-order valence-corrected chi connectivity index (χ1v) is 9.54.